The van der Waals surface area contributed by atoms with Gasteiger partial charge >= 0.3 is 6.11 Å². The van der Waals surface area contributed by atoms with Gasteiger partial charge in [0.05, 0.1) is 0 Å². The zero-order valence-corrected chi connectivity index (χ0v) is 13.5. The minimum Gasteiger partial charge on any atom is -0.490 e. The van der Waals surface area contributed by atoms with Crippen molar-refractivity contribution >= 4 is 6.16 Å². The summed E-state index contributed by atoms with van der Waals surface area (Å²) in [5.74, 6) is -6.40. The molecule has 0 N–H and O–H groups in total. The van der Waals surface area contributed by atoms with Gasteiger partial charge in [-0.15, -0.1) is 0 Å². The summed E-state index contributed by atoms with van der Waals surface area (Å²) in [5.41, 5.74) is 0. The Kier molecular flexibility index (Phi) is 9.57. The van der Waals surface area contributed by atoms with E-state index in [0.29, 0.717) is 0 Å². The molecule has 0 saturated heterocycles. The zero-order valence-electron chi connectivity index (χ0n) is 13.5. The maximum absolute atomic E-state index is 13.7. The third kappa shape index (κ3) is 10.6. The summed E-state index contributed by atoms with van der Waals surface area (Å²) in [7, 11) is 0. The van der Waals surface area contributed by atoms with Gasteiger partial charge in [0.2, 0.25) is 5.92 Å². The van der Waals surface area contributed by atoms with Crippen LogP contribution in [0.3, 0.4) is 0 Å². The fraction of sp³-hybridized carbons (Fsp3) is 0.929. The lowest BCUT2D eigenvalue weighted by Gasteiger charge is -2.28. The van der Waals surface area contributed by atoms with Crippen LogP contribution in [-0.4, -0.2) is 43.1 Å². The third-order valence-electron chi connectivity index (χ3n) is 3.41. The molecule has 4 atom stereocenters. The molecule has 0 aliphatic rings. The Morgan fingerprint density at radius 1 is 1.00 bits per heavy atom. The third-order valence-corrected chi connectivity index (χ3v) is 3.41. The van der Waals surface area contributed by atoms with Crippen LogP contribution in [0.5, 0.6) is 0 Å². The first kappa shape index (κ1) is 24.6. The predicted octanol–water partition coefficient (Wildman–Crippen LogP) is 4.44. The molecule has 0 spiro atoms. The maximum atomic E-state index is 13.7. The number of ether oxygens (including phenoxy) is 1. The van der Waals surface area contributed by atoms with Crippen LogP contribution < -0.4 is 5.11 Å². The van der Waals surface area contributed by atoms with Gasteiger partial charge in [-0.1, -0.05) is 0 Å². The van der Waals surface area contributed by atoms with Crippen molar-refractivity contribution in [2.45, 2.75) is 76.0 Å². The number of rotatable bonds is 12. The van der Waals surface area contributed by atoms with Gasteiger partial charge in [-0.05, 0) is 13.3 Å². The average Bonchev–Trinajstić information content (AvgIpc) is 2.41. The standard InChI is InChI=1S/C14H19F9O3/c1-7(15)4-9(16)5-8(10(17)11(18)19)6-13(20,21)2-3-14(22,23)26-12(24)25/h7-11H,2-6H2,1H3,(H,24,25)/p-1. The number of hydrogen-bond donors (Lipinski definition) is 0. The van der Waals surface area contributed by atoms with Crippen molar-refractivity contribution in [3.63, 3.8) is 0 Å². The van der Waals surface area contributed by atoms with E-state index in [0.717, 1.165) is 6.92 Å². The Balaban J connectivity index is 4.96. The van der Waals surface area contributed by atoms with Gasteiger partial charge in [0.25, 0.3) is 12.6 Å². The van der Waals surface area contributed by atoms with Crippen LogP contribution >= 0.6 is 0 Å². The van der Waals surface area contributed by atoms with E-state index >= 15 is 0 Å². The smallest absolute Gasteiger partial charge is 0.339 e. The van der Waals surface area contributed by atoms with Gasteiger partial charge < -0.3 is 14.6 Å². The molecule has 0 aliphatic carbocycles. The van der Waals surface area contributed by atoms with Crippen LogP contribution in [0.15, 0.2) is 0 Å². The second kappa shape index (κ2) is 10.1. The first-order valence-electron chi connectivity index (χ1n) is 7.51. The lowest BCUT2D eigenvalue weighted by Crippen LogP contribution is -2.36. The Morgan fingerprint density at radius 3 is 1.96 bits per heavy atom. The molecule has 0 aromatic heterocycles. The van der Waals surface area contributed by atoms with Crippen LogP contribution in [-0.2, 0) is 4.74 Å². The lowest BCUT2D eigenvalue weighted by atomic mass is 9.88. The van der Waals surface area contributed by atoms with Crippen LogP contribution in [0.2, 0.25) is 0 Å². The van der Waals surface area contributed by atoms with Gasteiger partial charge in [0.1, 0.15) is 12.3 Å². The van der Waals surface area contributed by atoms with Crippen molar-refractivity contribution in [3.8, 4) is 0 Å². The number of carboxylic acid groups (broad SMARTS) is 1. The molecule has 0 bridgehead atoms. The fourth-order valence-electron chi connectivity index (χ4n) is 2.30. The molecular weight excluding hydrogens is 387 g/mol. The molecule has 3 nitrogen and oxygen atoms in total. The van der Waals surface area contributed by atoms with E-state index < -0.39 is 81.1 Å². The minimum absolute atomic E-state index is 0.824. The summed E-state index contributed by atoms with van der Waals surface area (Å²) in [4.78, 5) is 9.88. The monoisotopic (exact) mass is 405 g/mol. The van der Waals surface area contributed by atoms with Crippen molar-refractivity contribution in [1.29, 1.82) is 0 Å². The molecule has 0 radical (unpaired) electrons. The van der Waals surface area contributed by atoms with Crippen LogP contribution in [0.25, 0.3) is 0 Å². The average molecular weight is 405 g/mol. The molecule has 0 fully saturated rings. The van der Waals surface area contributed by atoms with E-state index in [9.17, 15) is 49.4 Å². The van der Waals surface area contributed by atoms with E-state index in [-0.39, 0.29) is 0 Å². The highest BCUT2D eigenvalue weighted by atomic mass is 19.3. The van der Waals surface area contributed by atoms with Gasteiger partial charge in [-0.2, -0.15) is 8.78 Å². The second-order valence-electron chi connectivity index (χ2n) is 5.94. The van der Waals surface area contributed by atoms with E-state index in [1.165, 1.54) is 0 Å². The molecule has 0 rings (SSSR count). The fourth-order valence-corrected chi connectivity index (χ4v) is 2.30. The minimum atomic E-state index is -4.53. The van der Waals surface area contributed by atoms with Crippen molar-refractivity contribution in [3.05, 3.63) is 0 Å². The highest BCUT2D eigenvalue weighted by Crippen LogP contribution is 2.38. The second-order valence-corrected chi connectivity index (χ2v) is 5.94. The van der Waals surface area contributed by atoms with Gasteiger partial charge in [-0.3, -0.25) is 0 Å². The Hall–Kier alpha value is -1.36. The summed E-state index contributed by atoms with van der Waals surface area (Å²) >= 11 is 0. The molecule has 0 aliphatic heterocycles. The zero-order chi connectivity index (χ0) is 20.7. The summed E-state index contributed by atoms with van der Waals surface area (Å²) < 4.78 is 121. The molecular formula is C14H18F9O3-. The molecule has 12 heteroatoms. The Morgan fingerprint density at radius 2 is 1.54 bits per heavy atom. The van der Waals surface area contributed by atoms with Gasteiger partial charge in [-0.25, -0.2) is 30.7 Å². The number of carbonyl (C=O) groups excluding carboxylic acids is 1. The van der Waals surface area contributed by atoms with Crippen molar-refractivity contribution in [2.24, 2.45) is 5.92 Å². The van der Waals surface area contributed by atoms with Gasteiger partial charge in [0, 0.05) is 31.6 Å². The number of halogens is 9. The maximum Gasteiger partial charge on any atom is 0.339 e. The summed E-state index contributed by atoms with van der Waals surface area (Å²) in [5, 5.41) is 9.88. The molecule has 0 heterocycles. The van der Waals surface area contributed by atoms with Crippen molar-refractivity contribution in [1.82, 2.24) is 0 Å². The quantitative estimate of drug-likeness (QED) is 0.356. The normalized spacial score (nSPS) is 17.7. The number of hydrogen-bond acceptors (Lipinski definition) is 3. The number of alkyl halides is 9. The van der Waals surface area contributed by atoms with Crippen molar-refractivity contribution in [2.75, 3.05) is 0 Å². The molecule has 0 saturated carbocycles. The highest BCUT2D eigenvalue weighted by molar-refractivity contribution is 5.54. The molecule has 0 aromatic carbocycles. The Labute approximate surface area is 143 Å². The summed E-state index contributed by atoms with van der Waals surface area (Å²) in [6.07, 6.45) is -25.3. The van der Waals surface area contributed by atoms with Crippen molar-refractivity contribution < 1.29 is 54.2 Å². The topological polar surface area (TPSA) is 49.4 Å². The summed E-state index contributed by atoms with van der Waals surface area (Å²) in [6, 6.07) is 0. The molecule has 0 amide bonds. The first-order chi connectivity index (χ1) is 11.6. The molecule has 156 valence electrons. The predicted molar refractivity (Wildman–Crippen MR) is 69.3 cm³/mol. The molecule has 0 aromatic rings. The van der Waals surface area contributed by atoms with Crippen LogP contribution in [0, 0.1) is 5.92 Å². The van der Waals surface area contributed by atoms with E-state index in [1.54, 1.807) is 0 Å². The van der Waals surface area contributed by atoms with Gasteiger partial charge in [0.15, 0.2) is 6.17 Å². The largest absolute Gasteiger partial charge is 0.490 e. The van der Waals surface area contributed by atoms with Crippen LogP contribution in [0.4, 0.5) is 44.3 Å². The SMILES string of the molecule is CC(F)CC(F)CC(CC(F)(F)CCC(F)(F)OC(=O)[O-])C(F)C(F)F. The Bertz CT molecular complexity index is 432. The number of carbonyl (C=O) groups is 1. The van der Waals surface area contributed by atoms with E-state index in [2.05, 4.69) is 4.74 Å². The van der Waals surface area contributed by atoms with E-state index in [1.807, 2.05) is 0 Å². The highest BCUT2D eigenvalue weighted by Gasteiger charge is 2.42. The van der Waals surface area contributed by atoms with Crippen LogP contribution in [0.1, 0.15) is 39.0 Å². The first-order valence-corrected chi connectivity index (χ1v) is 7.51. The van der Waals surface area contributed by atoms with E-state index in [4.69, 9.17) is 0 Å². The summed E-state index contributed by atoms with van der Waals surface area (Å²) in [6.45, 7) is 0.926. The molecule has 4 unspecified atom stereocenters. The molecule has 26 heavy (non-hydrogen) atoms. The lowest BCUT2D eigenvalue weighted by molar-refractivity contribution is -0.330.